The molecule has 0 aliphatic carbocycles. The van der Waals surface area contributed by atoms with Crippen molar-refractivity contribution in [1.29, 1.82) is 0 Å². The summed E-state index contributed by atoms with van der Waals surface area (Å²) >= 11 is 0. The van der Waals surface area contributed by atoms with E-state index in [0.717, 1.165) is 16.9 Å². The van der Waals surface area contributed by atoms with Gasteiger partial charge in [-0.2, -0.15) is 0 Å². The van der Waals surface area contributed by atoms with Crippen molar-refractivity contribution < 1.29 is 14.3 Å². The van der Waals surface area contributed by atoms with Gasteiger partial charge in [0.25, 0.3) is 5.91 Å². The Labute approximate surface area is 158 Å². The van der Waals surface area contributed by atoms with E-state index in [-0.39, 0.29) is 11.8 Å². The molecular formula is C21H23N3O3. The van der Waals surface area contributed by atoms with E-state index in [1.165, 1.54) is 0 Å². The molecule has 0 bridgehead atoms. The van der Waals surface area contributed by atoms with Crippen molar-refractivity contribution in [2.24, 2.45) is 0 Å². The Morgan fingerprint density at radius 3 is 2.78 bits per heavy atom. The lowest BCUT2D eigenvalue weighted by Gasteiger charge is -2.23. The van der Waals surface area contributed by atoms with Gasteiger partial charge in [-0.15, -0.1) is 0 Å². The quantitative estimate of drug-likeness (QED) is 0.908. The van der Waals surface area contributed by atoms with Gasteiger partial charge >= 0.3 is 0 Å². The Bertz CT molecular complexity index is 925. The molecule has 2 heterocycles. The third-order valence-corrected chi connectivity index (χ3v) is 5.59. The van der Waals surface area contributed by atoms with Gasteiger partial charge in [0.2, 0.25) is 5.91 Å². The molecule has 2 aromatic carbocycles. The normalized spacial score (nSPS) is 20.6. The zero-order valence-electron chi connectivity index (χ0n) is 15.8. The maximum Gasteiger partial charge on any atom is 0.253 e. The molecule has 6 heteroatoms. The molecule has 140 valence electrons. The second kappa shape index (κ2) is 6.30. The van der Waals surface area contributed by atoms with E-state index < -0.39 is 5.41 Å². The summed E-state index contributed by atoms with van der Waals surface area (Å²) in [6, 6.07) is 13.2. The van der Waals surface area contributed by atoms with Crippen molar-refractivity contribution in [2.45, 2.75) is 11.8 Å². The first-order chi connectivity index (χ1) is 12.9. The molecule has 2 amide bonds. The number of methoxy groups -OCH3 is 1. The molecule has 1 fully saturated rings. The van der Waals surface area contributed by atoms with Gasteiger partial charge in [0.05, 0.1) is 12.5 Å². The molecule has 27 heavy (non-hydrogen) atoms. The number of nitrogens with zero attached hydrogens (tertiary/aromatic N) is 2. The Hall–Kier alpha value is -3.02. The molecule has 0 saturated carbocycles. The van der Waals surface area contributed by atoms with E-state index >= 15 is 0 Å². The van der Waals surface area contributed by atoms with Gasteiger partial charge < -0.3 is 19.9 Å². The Kier molecular flexibility index (Phi) is 4.06. The summed E-state index contributed by atoms with van der Waals surface area (Å²) in [4.78, 5) is 29.6. The molecular weight excluding hydrogens is 342 g/mol. The topological polar surface area (TPSA) is 61.9 Å². The lowest BCUT2D eigenvalue weighted by atomic mass is 9.81. The van der Waals surface area contributed by atoms with Crippen molar-refractivity contribution in [1.82, 2.24) is 4.90 Å². The summed E-state index contributed by atoms with van der Waals surface area (Å²) in [6.45, 7) is 0.930. The van der Waals surface area contributed by atoms with Crippen LogP contribution in [0.5, 0.6) is 5.75 Å². The summed E-state index contributed by atoms with van der Waals surface area (Å²) < 4.78 is 5.33. The van der Waals surface area contributed by atoms with Crippen molar-refractivity contribution >= 4 is 23.2 Å². The van der Waals surface area contributed by atoms with E-state index in [9.17, 15) is 9.59 Å². The fourth-order valence-electron chi connectivity index (χ4n) is 4.01. The number of carbonyl (C=O) groups is 2. The highest BCUT2D eigenvalue weighted by Gasteiger charge is 2.52. The molecule has 1 spiro atoms. The minimum atomic E-state index is -0.696. The summed E-state index contributed by atoms with van der Waals surface area (Å²) in [5.74, 6) is 0.635. The average Bonchev–Trinajstić information content (AvgIpc) is 3.24. The third-order valence-electron chi connectivity index (χ3n) is 5.59. The lowest BCUT2D eigenvalue weighted by Crippen LogP contribution is -2.39. The van der Waals surface area contributed by atoms with Gasteiger partial charge in [0.15, 0.2) is 0 Å². The Morgan fingerprint density at radius 2 is 2.04 bits per heavy atom. The maximum absolute atomic E-state index is 13.1. The van der Waals surface area contributed by atoms with Gasteiger partial charge in [0.1, 0.15) is 5.75 Å². The third kappa shape index (κ3) is 2.72. The molecule has 2 aliphatic rings. The fourth-order valence-corrected chi connectivity index (χ4v) is 4.01. The monoisotopic (exact) mass is 365 g/mol. The van der Waals surface area contributed by atoms with E-state index in [4.69, 9.17) is 4.74 Å². The van der Waals surface area contributed by atoms with Crippen LogP contribution < -0.4 is 15.0 Å². The van der Waals surface area contributed by atoms with Crippen LogP contribution in [-0.4, -0.2) is 51.0 Å². The smallest absolute Gasteiger partial charge is 0.253 e. The molecule has 0 aromatic heterocycles. The van der Waals surface area contributed by atoms with E-state index in [0.29, 0.717) is 30.8 Å². The van der Waals surface area contributed by atoms with Crippen LogP contribution in [0.2, 0.25) is 0 Å². The number of nitrogens with one attached hydrogen (secondary N) is 1. The second-order valence-electron chi connectivity index (χ2n) is 7.37. The predicted molar refractivity (Wildman–Crippen MR) is 105 cm³/mol. The van der Waals surface area contributed by atoms with Crippen molar-refractivity contribution in [3.63, 3.8) is 0 Å². The van der Waals surface area contributed by atoms with Crippen LogP contribution in [-0.2, 0) is 10.2 Å². The standard InChI is InChI=1S/C21H23N3O3/c1-23(2)15-6-4-5-14(11-15)19(25)24-10-9-21(13-24)17-12-16(27-3)7-8-18(17)22-20(21)26/h4-8,11-12H,9-10,13H2,1-3H3,(H,22,26). The summed E-state index contributed by atoms with van der Waals surface area (Å²) in [5, 5.41) is 2.97. The number of likely N-dealkylation sites (tertiary alicyclic amines) is 1. The number of ether oxygens (including phenoxy) is 1. The van der Waals surface area contributed by atoms with Crippen LogP contribution in [0.1, 0.15) is 22.3 Å². The van der Waals surface area contributed by atoms with Gasteiger partial charge in [-0.3, -0.25) is 9.59 Å². The molecule has 4 rings (SSSR count). The number of amides is 2. The van der Waals surface area contributed by atoms with E-state index in [1.807, 2.05) is 61.5 Å². The summed E-state index contributed by atoms with van der Waals surface area (Å²) in [7, 11) is 5.50. The summed E-state index contributed by atoms with van der Waals surface area (Å²) in [5.41, 5.74) is 2.65. The number of fused-ring (bicyclic) bond motifs is 2. The van der Waals surface area contributed by atoms with Crippen LogP contribution in [0, 0.1) is 0 Å². The molecule has 1 N–H and O–H groups in total. The van der Waals surface area contributed by atoms with Gasteiger partial charge in [-0.1, -0.05) is 6.07 Å². The van der Waals surface area contributed by atoms with Gasteiger partial charge in [-0.25, -0.2) is 0 Å². The number of hydrogen-bond donors (Lipinski definition) is 1. The lowest BCUT2D eigenvalue weighted by molar-refractivity contribution is -0.120. The number of carbonyl (C=O) groups excluding carboxylic acids is 2. The first kappa shape index (κ1) is 17.4. The highest BCUT2D eigenvalue weighted by atomic mass is 16.5. The molecule has 1 saturated heterocycles. The minimum absolute atomic E-state index is 0.0388. The van der Waals surface area contributed by atoms with E-state index in [1.54, 1.807) is 12.0 Å². The molecule has 1 unspecified atom stereocenters. The predicted octanol–water partition coefficient (Wildman–Crippen LogP) is 2.50. The highest BCUT2D eigenvalue weighted by molar-refractivity contribution is 6.07. The minimum Gasteiger partial charge on any atom is -0.497 e. The zero-order chi connectivity index (χ0) is 19.2. The molecule has 2 aromatic rings. The molecule has 6 nitrogen and oxygen atoms in total. The molecule has 2 aliphatic heterocycles. The van der Waals surface area contributed by atoms with Crippen LogP contribution in [0.25, 0.3) is 0 Å². The van der Waals surface area contributed by atoms with Crippen molar-refractivity contribution in [2.75, 3.05) is 44.5 Å². The summed E-state index contributed by atoms with van der Waals surface area (Å²) in [6.07, 6.45) is 0.609. The number of hydrogen-bond acceptors (Lipinski definition) is 4. The van der Waals surface area contributed by atoms with Crippen LogP contribution in [0.3, 0.4) is 0 Å². The number of benzene rings is 2. The number of anilines is 2. The Balaban J connectivity index is 1.63. The average molecular weight is 365 g/mol. The highest BCUT2D eigenvalue weighted by Crippen LogP contribution is 2.45. The molecule has 0 radical (unpaired) electrons. The second-order valence-corrected chi connectivity index (χ2v) is 7.37. The first-order valence-electron chi connectivity index (χ1n) is 9.01. The zero-order valence-corrected chi connectivity index (χ0v) is 15.8. The van der Waals surface area contributed by atoms with Gasteiger partial charge in [0, 0.05) is 44.1 Å². The van der Waals surface area contributed by atoms with Crippen LogP contribution in [0.15, 0.2) is 42.5 Å². The van der Waals surface area contributed by atoms with Crippen molar-refractivity contribution in [3.05, 3.63) is 53.6 Å². The molecule has 1 atom stereocenters. The van der Waals surface area contributed by atoms with Crippen molar-refractivity contribution in [3.8, 4) is 5.75 Å². The van der Waals surface area contributed by atoms with Crippen LogP contribution >= 0.6 is 0 Å². The number of rotatable bonds is 3. The Morgan fingerprint density at radius 1 is 1.22 bits per heavy atom. The maximum atomic E-state index is 13.1. The SMILES string of the molecule is COc1ccc2c(c1)C1(CCN(C(=O)c3cccc(N(C)C)c3)C1)C(=O)N2. The largest absolute Gasteiger partial charge is 0.497 e. The van der Waals surface area contributed by atoms with Crippen LogP contribution in [0.4, 0.5) is 11.4 Å². The first-order valence-corrected chi connectivity index (χ1v) is 9.01. The van der Waals surface area contributed by atoms with E-state index in [2.05, 4.69) is 5.32 Å². The fraction of sp³-hybridized carbons (Fsp3) is 0.333. The van der Waals surface area contributed by atoms with Gasteiger partial charge in [-0.05, 0) is 48.4 Å².